The van der Waals surface area contributed by atoms with Crippen molar-refractivity contribution in [3.05, 3.63) is 67.3 Å². The van der Waals surface area contributed by atoms with Gasteiger partial charge in [-0.3, -0.25) is 0 Å². The molecule has 0 amide bonds. The minimum Gasteiger partial charge on any atom is -0.463 e. The maximum absolute atomic E-state index is 10.7. The standard InChI is InChI=1S/C8H14O2.C8H8.C5H8O2/c1-4-5-6-10-8(9)7(2)3;1-2-8-6-4-3-5-7-8;1-3-5(6)7-4-2/h2,4-6H2,1,3H3;2-7H,1H2;3H,1,4H2,2H3. The summed E-state index contributed by atoms with van der Waals surface area (Å²) in [5.74, 6) is -0.643. The zero-order valence-electron chi connectivity index (χ0n) is 15.6. The Kier molecular flexibility index (Phi) is 17.5. The quantitative estimate of drug-likeness (QED) is 0.397. The molecule has 0 fully saturated rings. The minimum absolute atomic E-state index is 0.284. The summed E-state index contributed by atoms with van der Waals surface area (Å²) in [6.45, 7) is 16.7. The fraction of sp³-hybridized carbons (Fsp3) is 0.333. The summed E-state index contributed by atoms with van der Waals surface area (Å²) in [6.07, 6.45) is 4.95. The Morgan fingerprint density at radius 1 is 1.08 bits per heavy atom. The highest BCUT2D eigenvalue weighted by Gasteiger charge is 2.00. The first-order valence-electron chi connectivity index (χ1n) is 8.22. The molecule has 0 atom stereocenters. The lowest BCUT2D eigenvalue weighted by Crippen LogP contribution is -2.05. The van der Waals surface area contributed by atoms with Crippen LogP contribution >= 0.6 is 0 Å². The fourth-order valence-corrected chi connectivity index (χ4v) is 1.22. The minimum atomic E-state index is -0.359. The van der Waals surface area contributed by atoms with Gasteiger partial charge in [-0.2, -0.15) is 0 Å². The SMILES string of the molecule is C=C(C)C(=O)OCCCC.C=CC(=O)OCC.C=Cc1ccccc1. The summed E-state index contributed by atoms with van der Waals surface area (Å²) in [6, 6.07) is 10.0. The van der Waals surface area contributed by atoms with E-state index in [4.69, 9.17) is 4.74 Å². The van der Waals surface area contributed by atoms with Gasteiger partial charge in [0.25, 0.3) is 0 Å². The molecule has 0 aliphatic heterocycles. The Morgan fingerprint density at radius 3 is 2.00 bits per heavy atom. The average Bonchev–Trinajstić information content (AvgIpc) is 2.63. The smallest absolute Gasteiger partial charge is 0.333 e. The van der Waals surface area contributed by atoms with Crippen molar-refractivity contribution in [3.8, 4) is 0 Å². The molecule has 1 rings (SSSR count). The molecule has 0 saturated heterocycles. The summed E-state index contributed by atoms with van der Waals surface area (Å²) < 4.78 is 9.24. The van der Waals surface area contributed by atoms with Crippen molar-refractivity contribution in [1.82, 2.24) is 0 Å². The number of unbranched alkanes of at least 4 members (excludes halogenated alkanes) is 1. The van der Waals surface area contributed by atoms with Crippen LogP contribution in [-0.2, 0) is 19.1 Å². The van der Waals surface area contributed by atoms with Gasteiger partial charge in [0, 0.05) is 11.6 Å². The highest BCUT2D eigenvalue weighted by atomic mass is 16.5. The molecule has 4 nitrogen and oxygen atoms in total. The second-order valence-electron chi connectivity index (χ2n) is 4.84. The molecule has 0 aromatic heterocycles. The highest BCUT2D eigenvalue weighted by molar-refractivity contribution is 5.86. The lowest BCUT2D eigenvalue weighted by atomic mass is 10.2. The van der Waals surface area contributed by atoms with Crippen LogP contribution in [0.15, 0.2) is 61.7 Å². The molecule has 0 aliphatic carbocycles. The number of carbonyl (C=O) groups is 2. The number of esters is 2. The summed E-state index contributed by atoms with van der Waals surface area (Å²) in [5.41, 5.74) is 1.64. The van der Waals surface area contributed by atoms with E-state index in [0.29, 0.717) is 18.8 Å². The molecule has 0 N–H and O–H groups in total. The van der Waals surface area contributed by atoms with Crippen LogP contribution in [0, 0.1) is 0 Å². The zero-order valence-corrected chi connectivity index (χ0v) is 15.6. The molecular formula is C21H30O4. The Labute approximate surface area is 151 Å². The lowest BCUT2D eigenvalue weighted by molar-refractivity contribution is -0.139. The Bertz CT molecular complexity index is 518. The van der Waals surface area contributed by atoms with Crippen LogP contribution < -0.4 is 0 Å². The first kappa shape index (κ1) is 24.6. The number of ether oxygens (including phenoxy) is 2. The van der Waals surface area contributed by atoms with Gasteiger partial charge in [-0.25, -0.2) is 9.59 Å². The molecule has 4 heteroatoms. The summed E-state index contributed by atoms with van der Waals surface area (Å²) in [7, 11) is 0. The predicted molar refractivity (Wildman–Crippen MR) is 104 cm³/mol. The van der Waals surface area contributed by atoms with Gasteiger partial charge in [-0.15, -0.1) is 0 Å². The van der Waals surface area contributed by atoms with Crippen molar-refractivity contribution in [2.45, 2.75) is 33.6 Å². The van der Waals surface area contributed by atoms with Gasteiger partial charge in [-0.1, -0.05) is 69.5 Å². The number of carbonyl (C=O) groups excluding carboxylic acids is 2. The molecule has 1 aromatic carbocycles. The predicted octanol–water partition coefficient (Wildman–Crippen LogP) is 4.97. The molecule has 0 bridgehead atoms. The van der Waals surface area contributed by atoms with Gasteiger partial charge in [0.15, 0.2) is 0 Å². The van der Waals surface area contributed by atoms with Crippen molar-refractivity contribution in [2.75, 3.05) is 13.2 Å². The third-order valence-electron chi connectivity index (χ3n) is 2.57. The second-order valence-corrected chi connectivity index (χ2v) is 4.84. The van der Waals surface area contributed by atoms with Gasteiger partial charge >= 0.3 is 11.9 Å². The molecule has 138 valence electrons. The van der Waals surface area contributed by atoms with E-state index in [1.54, 1.807) is 13.8 Å². The van der Waals surface area contributed by atoms with Crippen LogP contribution in [0.1, 0.15) is 39.2 Å². The van der Waals surface area contributed by atoms with Crippen molar-refractivity contribution >= 4 is 18.0 Å². The number of hydrogen-bond donors (Lipinski definition) is 0. The van der Waals surface area contributed by atoms with E-state index in [2.05, 4.69) is 31.4 Å². The van der Waals surface area contributed by atoms with Crippen LogP contribution in [0.3, 0.4) is 0 Å². The monoisotopic (exact) mass is 346 g/mol. The number of rotatable bonds is 7. The van der Waals surface area contributed by atoms with Crippen LogP contribution in [0.25, 0.3) is 6.08 Å². The molecule has 0 saturated carbocycles. The van der Waals surface area contributed by atoms with Gasteiger partial charge in [-0.05, 0) is 25.8 Å². The number of hydrogen-bond acceptors (Lipinski definition) is 4. The van der Waals surface area contributed by atoms with E-state index in [0.717, 1.165) is 18.9 Å². The molecule has 25 heavy (non-hydrogen) atoms. The van der Waals surface area contributed by atoms with E-state index >= 15 is 0 Å². The highest BCUT2D eigenvalue weighted by Crippen LogP contribution is 1.97. The first-order valence-corrected chi connectivity index (χ1v) is 8.22. The van der Waals surface area contributed by atoms with Gasteiger partial charge in [0.05, 0.1) is 13.2 Å². The second kappa shape index (κ2) is 17.7. The Balaban J connectivity index is 0. The van der Waals surface area contributed by atoms with Crippen molar-refractivity contribution in [2.24, 2.45) is 0 Å². The first-order chi connectivity index (χ1) is 11.9. The molecule has 0 heterocycles. The third kappa shape index (κ3) is 17.6. The lowest BCUT2D eigenvalue weighted by Gasteiger charge is -2.01. The summed E-state index contributed by atoms with van der Waals surface area (Å²) >= 11 is 0. The molecule has 1 aromatic rings. The van der Waals surface area contributed by atoms with E-state index < -0.39 is 0 Å². The van der Waals surface area contributed by atoms with Crippen LogP contribution in [-0.4, -0.2) is 25.2 Å². The molecule has 0 aliphatic rings. The van der Waals surface area contributed by atoms with Crippen molar-refractivity contribution < 1.29 is 19.1 Å². The van der Waals surface area contributed by atoms with Crippen molar-refractivity contribution in [1.29, 1.82) is 0 Å². The Morgan fingerprint density at radius 2 is 1.68 bits per heavy atom. The van der Waals surface area contributed by atoms with E-state index in [9.17, 15) is 9.59 Å². The van der Waals surface area contributed by atoms with Gasteiger partial charge < -0.3 is 9.47 Å². The van der Waals surface area contributed by atoms with Crippen LogP contribution in [0.5, 0.6) is 0 Å². The zero-order chi connectivity index (χ0) is 19.5. The van der Waals surface area contributed by atoms with Crippen molar-refractivity contribution in [3.63, 3.8) is 0 Å². The fourth-order valence-electron chi connectivity index (χ4n) is 1.22. The van der Waals surface area contributed by atoms with Crippen LogP contribution in [0.4, 0.5) is 0 Å². The molecule has 0 spiro atoms. The van der Waals surface area contributed by atoms with E-state index in [-0.39, 0.29) is 11.9 Å². The topological polar surface area (TPSA) is 52.6 Å². The van der Waals surface area contributed by atoms with Gasteiger partial charge in [0.2, 0.25) is 0 Å². The molecule has 0 unspecified atom stereocenters. The van der Waals surface area contributed by atoms with Crippen LogP contribution in [0.2, 0.25) is 0 Å². The maximum atomic E-state index is 10.7. The Hall–Kier alpha value is -2.62. The largest absolute Gasteiger partial charge is 0.463 e. The van der Waals surface area contributed by atoms with E-state index in [1.165, 1.54) is 5.56 Å². The molecule has 0 radical (unpaired) electrons. The average molecular weight is 346 g/mol. The summed E-state index contributed by atoms with van der Waals surface area (Å²) in [4.78, 5) is 20.8. The van der Waals surface area contributed by atoms with E-state index in [1.807, 2.05) is 36.4 Å². The number of benzene rings is 1. The maximum Gasteiger partial charge on any atom is 0.333 e. The summed E-state index contributed by atoms with van der Waals surface area (Å²) in [5, 5.41) is 0. The normalized spacial score (nSPS) is 8.44. The molecular weight excluding hydrogens is 316 g/mol. The van der Waals surface area contributed by atoms with Gasteiger partial charge in [0.1, 0.15) is 0 Å². The third-order valence-corrected chi connectivity index (χ3v) is 2.57.